The number of furan rings is 1. The molecule has 4 heteroatoms. The number of ether oxygens (including phenoxy) is 1. The van der Waals surface area contributed by atoms with Crippen LogP contribution in [0.25, 0.3) is 11.3 Å². The van der Waals surface area contributed by atoms with Gasteiger partial charge in [-0.3, -0.25) is 4.99 Å². The summed E-state index contributed by atoms with van der Waals surface area (Å²) in [6.45, 7) is 3.99. The van der Waals surface area contributed by atoms with Gasteiger partial charge in [0.15, 0.2) is 11.6 Å². The predicted octanol–water partition coefficient (Wildman–Crippen LogP) is 3.07. The van der Waals surface area contributed by atoms with Gasteiger partial charge in [-0.2, -0.15) is 0 Å². The van der Waals surface area contributed by atoms with Crippen molar-refractivity contribution in [2.75, 3.05) is 7.05 Å². The molecule has 19 heavy (non-hydrogen) atoms. The normalized spacial score (nSPS) is 11.9. The van der Waals surface area contributed by atoms with Crippen molar-refractivity contribution in [3.8, 4) is 17.1 Å². The standard InChI is InChI=1S/C15H18N2O2/c1-10(2)18-12-6-4-5-11(9-12)13-7-8-14(19-13)15(16)17-3/h4-10H,1-3H3,(H2,16,17). The Morgan fingerprint density at radius 1 is 1.26 bits per heavy atom. The molecule has 0 radical (unpaired) electrons. The van der Waals surface area contributed by atoms with Crippen molar-refractivity contribution >= 4 is 5.84 Å². The van der Waals surface area contributed by atoms with Gasteiger partial charge < -0.3 is 14.9 Å². The Hall–Kier alpha value is -2.23. The van der Waals surface area contributed by atoms with E-state index in [0.29, 0.717) is 11.6 Å². The molecular formula is C15H18N2O2. The van der Waals surface area contributed by atoms with Gasteiger partial charge in [-0.15, -0.1) is 0 Å². The van der Waals surface area contributed by atoms with E-state index in [0.717, 1.165) is 17.1 Å². The lowest BCUT2D eigenvalue weighted by Crippen LogP contribution is -2.11. The first-order chi connectivity index (χ1) is 9.10. The molecule has 2 N–H and O–H groups in total. The second-order valence-electron chi connectivity index (χ2n) is 4.47. The number of amidine groups is 1. The molecule has 0 fully saturated rings. The Bertz CT molecular complexity index is 585. The summed E-state index contributed by atoms with van der Waals surface area (Å²) >= 11 is 0. The number of hydrogen-bond donors (Lipinski definition) is 1. The van der Waals surface area contributed by atoms with Crippen molar-refractivity contribution in [2.24, 2.45) is 10.7 Å². The van der Waals surface area contributed by atoms with E-state index in [1.807, 2.05) is 50.2 Å². The van der Waals surface area contributed by atoms with Gasteiger partial charge in [0.2, 0.25) is 0 Å². The highest BCUT2D eigenvalue weighted by Crippen LogP contribution is 2.26. The maximum Gasteiger partial charge on any atom is 0.169 e. The van der Waals surface area contributed by atoms with E-state index < -0.39 is 0 Å². The quantitative estimate of drug-likeness (QED) is 0.677. The second kappa shape index (κ2) is 5.61. The summed E-state index contributed by atoms with van der Waals surface area (Å²) in [7, 11) is 1.63. The fourth-order valence-corrected chi connectivity index (χ4v) is 1.74. The van der Waals surface area contributed by atoms with Crippen LogP contribution in [0.5, 0.6) is 5.75 Å². The van der Waals surface area contributed by atoms with Crippen molar-refractivity contribution in [3.63, 3.8) is 0 Å². The van der Waals surface area contributed by atoms with Gasteiger partial charge in [-0.1, -0.05) is 12.1 Å². The molecule has 0 aliphatic carbocycles. The summed E-state index contributed by atoms with van der Waals surface area (Å²) in [6, 6.07) is 11.5. The van der Waals surface area contributed by atoms with Crippen LogP contribution in [0.3, 0.4) is 0 Å². The molecule has 1 aromatic carbocycles. The number of benzene rings is 1. The van der Waals surface area contributed by atoms with E-state index in [2.05, 4.69) is 4.99 Å². The molecule has 2 rings (SSSR count). The molecule has 0 unspecified atom stereocenters. The van der Waals surface area contributed by atoms with E-state index in [9.17, 15) is 0 Å². The zero-order chi connectivity index (χ0) is 13.8. The zero-order valence-electron chi connectivity index (χ0n) is 11.4. The first kappa shape index (κ1) is 13.2. The summed E-state index contributed by atoms with van der Waals surface area (Å²) in [5.74, 6) is 2.53. The molecule has 0 aliphatic heterocycles. The van der Waals surface area contributed by atoms with Crippen LogP contribution in [0.4, 0.5) is 0 Å². The van der Waals surface area contributed by atoms with Crippen LogP contribution >= 0.6 is 0 Å². The smallest absolute Gasteiger partial charge is 0.169 e. The Kier molecular flexibility index (Phi) is 3.90. The lowest BCUT2D eigenvalue weighted by molar-refractivity contribution is 0.242. The van der Waals surface area contributed by atoms with E-state index in [-0.39, 0.29) is 6.10 Å². The first-order valence-corrected chi connectivity index (χ1v) is 6.19. The Balaban J connectivity index is 2.29. The van der Waals surface area contributed by atoms with E-state index >= 15 is 0 Å². The van der Waals surface area contributed by atoms with Crippen molar-refractivity contribution in [1.82, 2.24) is 0 Å². The summed E-state index contributed by atoms with van der Waals surface area (Å²) in [5.41, 5.74) is 6.67. The maximum absolute atomic E-state index is 5.71. The molecule has 100 valence electrons. The number of nitrogens with two attached hydrogens (primary N) is 1. The van der Waals surface area contributed by atoms with Gasteiger partial charge in [0.25, 0.3) is 0 Å². The topological polar surface area (TPSA) is 60.8 Å². The predicted molar refractivity (Wildman–Crippen MR) is 76.6 cm³/mol. The van der Waals surface area contributed by atoms with E-state index in [1.165, 1.54) is 0 Å². The van der Waals surface area contributed by atoms with Crippen molar-refractivity contribution < 1.29 is 9.15 Å². The van der Waals surface area contributed by atoms with Crippen LogP contribution < -0.4 is 10.5 Å². The third-order valence-corrected chi connectivity index (χ3v) is 2.59. The van der Waals surface area contributed by atoms with E-state index in [4.69, 9.17) is 14.9 Å². The lowest BCUT2D eigenvalue weighted by Gasteiger charge is -2.10. The third kappa shape index (κ3) is 3.16. The first-order valence-electron chi connectivity index (χ1n) is 6.19. The summed E-state index contributed by atoms with van der Waals surface area (Å²) < 4.78 is 11.3. The number of nitrogens with zero attached hydrogens (tertiary/aromatic N) is 1. The SMILES string of the molecule is CN=C(N)c1ccc(-c2cccc(OC(C)C)c2)o1. The number of aliphatic imine (C=N–C) groups is 1. The van der Waals surface area contributed by atoms with E-state index in [1.54, 1.807) is 7.05 Å². The maximum atomic E-state index is 5.71. The molecule has 0 spiro atoms. The van der Waals surface area contributed by atoms with Gasteiger partial charge >= 0.3 is 0 Å². The second-order valence-corrected chi connectivity index (χ2v) is 4.47. The average Bonchev–Trinajstić information content (AvgIpc) is 2.87. The molecule has 2 aromatic rings. The van der Waals surface area contributed by atoms with Crippen LogP contribution in [-0.4, -0.2) is 19.0 Å². The highest BCUT2D eigenvalue weighted by molar-refractivity contribution is 5.95. The molecular weight excluding hydrogens is 240 g/mol. The minimum atomic E-state index is 0.144. The summed E-state index contributed by atoms with van der Waals surface area (Å²) in [4.78, 5) is 3.90. The zero-order valence-corrected chi connectivity index (χ0v) is 11.4. The fourth-order valence-electron chi connectivity index (χ4n) is 1.74. The van der Waals surface area contributed by atoms with Crippen LogP contribution in [-0.2, 0) is 0 Å². The van der Waals surface area contributed by atoms with Crippen molar-refractivity contribution in [1.29, 1.82) is 0 Å². The molecule has 0 aliphatic rings. The Morgan fingerprint density at radius 3 is 2.74 bits per heavy atom. The summed E-state index contributed by atoms with van der Waals surface area (Å²) in [5, 5.41) is 0. The third-order valence-electron chi connectivity index (χ3n) is 2.59. The number of hydrogen-bond acceptors (Lipinski definition) is 3. The molecule has 4 nitrogen and oxygen atoms in total. The van der Waals surface area contributed by atoms with Crippen LogP contribution in [0.1, 0.15) is 19.6 Å². The fraction of sp³-hybridized carbons (Fsp3) is 0.267. The van der Waals surface area contributed by atoms with Gasteiger partial charge in [0.1, 0.15) is 11.5 Å². The average molecular weight is 258 g/mol. The highest BCUT2D eigenvalue weighted by Gasteiger charge is 2.08. The lowest BCUT2D eigenvalue weighted by atomic mass is 10.1. The summed E-state index contributed by atoms with van der Waals surface area (Å²) in [6.07, 6.45) is 0.144. The molecule has 0 atom stereocenters. The van der Waals surface area contributed by atoms with Crippen LogP contribution in [0.15, 0.2) is 45.8 Å². The molecule has 1 aromatic heterocycles. The van der Waals surface area contributed by atoms with Crippen molar-refractivity contribution in [3.05, 3.63) is 42.2 Å². The van der Waals surface area contributed by atoms with Gasteiger partial charge in [0, 0.05) is 12.6 Å². The monoisotopic (exact) mass is 258 g/mol. The highest BCUT2D eigenvalue weighted by atomic mass is 16.5. The molecule has 0 amide bonds. The largest absolute Gasteiger partial charge is 0.491 e. The Labute approximate surface area is 112 Å². The van der Waals surface area contributed by atoms with Gasteiger partial charge in [-0.25, -0.2) is 0 Å². The van der Waals surface area contributed by atoms with Gasteiger partial charge in [0.05, 0.1) is 6.10 Å². The molecule has 0 bridgehead atoms. The molecule has 1 heterocycles. The van der Waals surface area contributed by atoms with Crippen LogP contribution in [0, 0.1) is 0 Å². The molecule has 0 saturated carbocycles. The number of rotatable bonds is 4. The van der Waals surface area contributed by atoms with Crippen LogP contribution in [0.2, 0.25) is 0 Å². The minimum Gasteiger partial charge on any atom is -0.491 e. The van der Waals surface area contributed by atoms with Crippen molar-refractivity contribution in [2.45, 2.75) is 20.0 Å². The molecule has 0 saturated heterocycles. The van der Waals surface area contributed by atoms with Gasteiger partial charge in [-0.05, 0) is 38.1 Å². The Morgan fingerprint density at radius 2 is 2.05 bits per heavy atom. The minimum absolute atomic E-state index is 0.144.